The Morgan fingerprint density at radius 3 is 2.29 bits per heavy atom. The number of fused-ring (bicyclic) bond motifs is 2. The molecule has 0 aromatic rings. The Kier molecular flexibility index (Phi) is 2.24. The number of ether oxygens (including phenoxy) is 3. The Bertz CT molecular complexity index is 342. The molecule has 4 heteroatoms. The van der Waals surface area contributed by atoms with Crippen LogP contribution in [0.2, 0.25) is 0 Å². The van der Waals surface area contributed by atoms with Crippen LogP contribution in [0.3, 0.4) is 0 Å². The summed E-state index contributed by atoms with van der Waals surface area (Å²) in [6.45, 7) is 0. The monoisotopic (exact) mass is 238 g/mol. The van der Waals surface area contributed by atoms with E-state index in [1.165, 1.54) is 0 Å². The molecule has 0 aromatic heterocycles. The van der Waals surface area contributed by atoms with Crippen molar-refractivity contribution < 1.29 is 19.0 Å². The first-order chi connectivity index (χ1) is 8.29. The molecule has 0 radical (unpaired) electrons. The lowest BCUT2D eigenvalue weighted by molar-refractivity contribution is -0.156. The largest absolute Gasteiger partial charge is 0.462 e. The topological polar surface area (TPSA) is 51.4 Å². The summed E-state index contributed by atoms with van der Waals surface area (Å²) < 4.78 is 16.5. The minimum Gasteiger partial charge on any atom is -0.462 e. The van der Waals surface area contributed by atoms with Crippen molar-refractivity contribution in [2.24, 2.45) is 5.92 Å². The zero-order chi connectivity index (χ0) is 11.4. The van der Waals surface area contributed by atoms with Crippen molar-refractivity contribution in [2.45, 2.75) is 69.0 Å². The van der Waals surface area contributed by atoms with Crippen LogP contribution in [0, 0.1) is 5.92 Å². The van der Waals surface area contributed by atoms with Gasteiger partial charge in [-0.1, -0.05) is 0 Å². The molecule has 2 aliphatic carbocycles. The molecule has 0 bridgehead atoms. The van der Waals surface area contributed by atoms with E-state index in [2.05, 4.69) is 0 Å². The summed E-state index contributed by atoms with van der Waals surface area (Å²) >= 11 is 0. The molecule has 4 rings (SSSR count). The molecule has 2 saturated heterocycles. The summed E-state index contributed by atoms with van der Waals surface area (Å²) in [5, 5.41) is 0. The molecular weight excluding hydrogens is 220 g/mol. The van der Waals surface area contributed by atoms with Crippen LogP contribution in [0.4, 0.5) is 0 Å². The van der Waals surface area contributed by atoms with Gasteiger partial charge in [0, 0.05) is 6.42 Å². The number of carbonyl (C=O) groups is 1. The van der Waals surface area contributed by atoms with E-state index in [4.69, 9.17) is 14.2 Å². The summed E-state index contributed by atoms with van der Waals surface area (Å²) in [6, 6.07) is 0. The molecule has 0 spiro atoms. The standard InChI is InChI=1S/C13H18O4/c14-13(7-1-3-9-11(5-7)16-9)15-8-2-4-10-12(6-8)17-10/h7-12H,1-6H2. The van der Waals surface area contributed by atoms with Crippen molar-refractivity contribution in [3.8, 4) is 0 Å². The molecule has 4 aliphatic rings. The van der Waals surface area contributed by atoms with Crippen molar-refractivity contribution in [2.75, 3.05) is 0 Å². The van der Waals surface area contributed by atoms with Crippen LogP contribution in [0.25, 0.3) is 0 Å². The van der Waals surface area contributed by atoms with Crippen LogP contribution in [-0.2, 0) is 19.0 Å². The molecule has 4 fully saturated rings. The van der Waals surface area contributed by atoms with Crippen LogP contribution in [0.1, 0.15) is 38.5 Å². The Labute approximate surface area is 101 Å². The van der Waals surface area contributed by atoms with Gasteiger partial charge < -0.3 is 14.2 Å². The van der Waals surface area contributed by atoms with Gasteiger partial charge in [0.2, 0.25) is 0 Å². The highest BCUT2D eigenvalue weighted by Crippen LogP contribution is 2.41. The van der Waals surface area contributed by atoms with Crippen molar-refractivity contribution in [3.05, 3.63) is 0 Å². The molecule has 0 aromatic carbocycles. The van der Waals surface area contributed by atoms with Gasteiger partial charge in [-0.3, -0.25) is 4.79 Å². The number of carbonyl (C=O) groups excluding carboxylic acids is 1. The van der Waals surface area contributed by atoms with Gasteiger partial charge in [-0.05, 0) is 32.1 Å². The Hall–Kier alpha value is -0.610. The number of esters is 1. The van der Waals surface area contributed by atoms with E-state index in [0.29, 0.717) is 24.4 Å². The maximum absolute atomic E-state index is 12.0. The zero-order valence-electron chi connectivity index (χ0n) is 9.84. The summed E-state index contributed by atoms with van der Waals surface area (Å²) in [4.78, 5) is 12.0. The average Bonchev–Trinajstić information content (AvgIpc) is 3.22. The molecule has 94 valence electrons. The first-order valence-electron chi connectivity index (χ1n) is 6.81. The van der Waals surface area contributed by atoms with Crippen LogP contribution >= 0.6 is 0 Å². The highest BCUT2D eigenvalue weighted by atomic mass is 16.6. The molecule has 2 saturated carbocycles. The molecule has 0 N–H and O–H groups in total. The SMILES string of the molecule is O=C(OC1CCC2OC2C1)C1CCC2OC2C1. The van der Waals surface area contributed by atoms with Gasteiger partial charge in [-0.25, -0.2) is 0 Å². The Balaban J connectivity index is 1.30. The normalized spacial score (nSPS) is 51.1. The second-order valence-corrected chi connectivity index (χ2v) is 5.81. The minimum absolute atomic E-state index is 0.00282. The van der Waals surface area contributed by atoms with E-state index in [1.807, 2.05) is 0 Å². The number of hydrogen-bond donors (Lipinski definition) is 0. The highest BCUT2D eigenvalue weighted by Gasteiger charge is 2.48. The summed E-state index contributed by atoms with van der Waals surface area (Å²) in [5.74, 6) is 0.0830. The first-order valence-corrected chi connectivity index (χ1v) is 6.81. The summed E-state index contributed by atoms with van der Waals surface area (Å²) in [7, 11) is 0. The molecule has 2 aliphatic heterocycles. The van der Waals surface area contributed by atoms with Crippen LogP contribution in [0.5, 0.6) is 0 Å². The predicted octanol–water partition coefficient (Wildman–Crippen LogP) is 1.42. The quantitative estimate of drug-likeness (QED) is 0.539. The fraction of sp³-hybridized carbons (Fsp3) is 0.923. The zero-order valence-corrected chi connectivity index (χ0v) is 9.84. The third-order valence-electron chi connectivity index (χ3n) is 4.58. The van der Waals surface area contributed by atoms with E-state index >= 15 is 0 Å². The highest BCUT2D eigenvalue weighted by molar-refractivity contribution is 5.73. The molecular formula is C13H18O4. The molecule has 6 unspecified atom stereocenters. The third kappa shape index (κ3) is 1.97. The van der Waals surface area contributed by atoms with Gasteiger partial charge in [0.1, 0.15) is 6.10 Å². The van der Waals surface area contributed by atoms with Crippen molar-refractivity contribution in [3.63, 3.8) is 0 Å². The van der Waals surface area contributed by atoms with E-state index < -0.39 is 0 Å². The molecule has 6 atom stereocenters. The van der Waals surface area contributed by atoms with Gasteiger partial charge >= 0.3 is 5.97 Å². The van der Waals surface area contributed by atoms with Crippen LogP contribution in [0.15, 0.2) is 0 Å². The Morgan fingerprint density at radius 2 is 1.59 bits per heavy atom. The Morgan fingerprint density at radius 1 is 0.882 bits per heavy atom. The van der Waals surface area contributed by atoms with Gasteiger partial charge in [0.05, 0.1) is 30.3 Å². The fourth-order valence-corrected chi connectivity index (χ4v) is 3.35. The van der Waals surface area contributed by atoms with E-state index in [9.17, 15) is 4.79 Å². The molecule has 0 amide bonds. The maximum atomic E-state index is 12.0. The third-order valence-corrected chi connectivity index (χ3v) is 4.58. The van der Waals surface area contributed by atoms with Crippen molar-refractivity contribution in [1.29, 1.82) is 0 Å². The van der Waals surface area contributed by atoms with E-state index in [0.717, 1.165) is 38.5 Å². The summed E-state index contributed by atoms with van der Waals surface area (Å²) in [6.07, 6.45) is 7.54. The lowest BCUT2D eigenvalue weighted by Gasteiger charge is -2.23. The first kappa shape index (κ1) is 10.3. The van der Waals surface area contributed by atoms with Gasteiger partial charge in [0.15, 0.2) is 0 Å². The van der Waals surface area contributed by atoms with Crippen LogP contribution < -0.4 is 0 Å². The average molecular weight is 238 g/mol. The molecule has 17 heavy (non-hydrogen) atoms. The lowest BCUT2D eigenvalue weighted by Crippen LogP contribution is -2.30. The molecule has 4 nitrogen and oxygen atoms in total. The lowest BCUT2D eigenvalue weighted by atomic mass is 9.89. The van der Waals surface area contributed by atoms with Crippen molar-refractivity contribution in [1.82, 2.24) is 0 Å². The smallest absolute Gasteiger partial charge is 0.309 e. The fourth-order valence-electron chi connectivity index (χ4n) is 3.35. The summed E-state index contributed by atoms with van der Waals surface area (Å²) in [5.41, 5.74) is 0. The second-order valence-electron chi connectivity index (χ2n) is 5.81. The van der Waals surface area contributed by atoms with Gasteiger partial charge in [-0.15, -0.1) is 0 Å². The van der Waals surface area contributed by atoms with Crippen LogP contribution in [-0.4, -0.2) is 36.5 Å². The maximum Gasteiger partial charge on any atom is 0.309 e. The number of hydrogen-bond acceptors (Lipinski definition) is 4. The van der Waals surface area contributed by atoms with E-state index in [-0.39, 0.29) is 18.0 Å². The predicted molar refractivity (Wildman–Crippen MR) is 58.4 cm³/mol. The molecule has 2 heterocycles. The van der Waals surface area contributed by atoms with E-state index in [1.54, 1.807) is 0 Å². The van der Waals surface area contributed by atoms with Gasteiger partial charge in [0.25, 0.3) is 0 Å². The number of epoxide rings is 2. The van der Waals surface area contributed by atoms with Crippen molar-refractivity contribution >= 4 is 5.97 Å². The second kappa shape index (κ2) is 3.69. The minimum atomic E-state index is 0.00282. The number of rotatable bonds is 2. The van der Waals surface area contributed by atoms with Gasteiger partial charge in [-0.2, -0.15) is 0 Å².